The van der Waals surface area contributed by atoms with Gasteiger partial charge in [0.2, 0.25) is 0 Å². The molecule has 1 heterocycles. The molecule has 0 saturated carbocycles. The van der Waals surface area contributed by atoms with Gasteiger partial charge in [0.1, 0.15) is 12.4 Å². The number of amides is 1. The quantitative estimate of drug-likeness (QED) is 0.239. The van der Waals surface area contributed by atoms with E-state index < -0.39 is 34.9 Å². The number of carbonyl (C=O) groups is 3. The van der Waals surface area contributed by atoms with Crippen molar-refractivity contribution < 1.29 is 38.3 Å². The van der Waals surface area contributed by atoms with Crippen LogP contribution in [0.15, 0.2) is 47.3 Å². The summed E-state index contributed by atoms with van der Waals surface area (Å²) in [6.07, 6.45) is 0. The number of carbonyl (C=O) groups excluding carboxylic acids is 3. The van der Waals surface area contributed by atoms with E-state index in [9.17, 15) is 29.3 Å². The van der Waals surface area contributed by atoms with Gasteiger partial charge >= 0.3 is 11.9 Å². The molecule has 1 aromatic heterocycles. The number of methoxy groups -OCH3 is 2. The number of benzene rings is 2. The zero-order valence-electron chi connectivity index (χ0n) is 20.1. The average Bonchev–Trinajstić information content (AvgIpc) is 2.91. The summed E-state index contributed by atoms with van der Waals surface area (Å²) < 4.78 is 21.7. The topological polar surface area (TPSA) is 165 Å². The van der Waals surface area contributed by atoms with E-state index in [-0.39, 0.29) is 41.5 Å². The third-order valence-electron chi connectivity index (χ3n) is 5.28. The molecule has 37 heavy (non-hydrogen) atoms. The number of rotatable bonds is 10. The molecule has 0 fully saturated rings. The lowest BCUT2D eigenvalue weighted by Gasteiger charge is -2.15. The largest absolute Gasteiger partial charge is 0.492 e. The Balaban J connectivity index is 1.92. The van der Waals surface area contributed by atoms with Crippen molar-refractivity contribution in [3.05, 3.63) is 74.1 Å². The molecule has 0 aliphatic rings. The molecule has 3 aromatic rings. The first kappa shape index (κ1) is 26.7. The minimum atomic E-state index is -0.768. The summed E-state index contributed by atoms with van der Waals surface area (Å²) in [5, 5.41) is 13.9. The second-order valence-electron chi connectivity index (χ2n) is 7.47. The Hall–Kier alpha value is -4.94. The molecular formula is C24H23N3O10. The van der Waals surface area contributed by atoms with Crippen LogP contribution in [-0.4, -0.2) is 61.8 Å². The minimum absolute atomic E-state index is 0.00789. The Kier molecular flexibility index (Phi) is 8.40. The zero-order valence-corrected chi connectivity index (χ0v) is 20.1. The van der Waals surface area contributed by atoms with Crippen LogP contribution in [0.5, 0.6) is 11.5 Å². The molecule has 0 spiro atoms. The van der Waals surface area contributed by atoms with E-state index >= 15 is 0 Å². The number of pyridine rings is 1. The van der Waals surface area contributed by atoms with Crippen molar-refractivity contribution in [1.82, 2.24) is 9.88 Å². The highest BCUT2D eigenvalue weighted by molar-refractivity contribution is 6.03. The molecule has 1 amide bonds. The fourth-order valence-electron chi connectivity index (χ4n) is 3.44. The van der Waals surface area contributed by atoms with E-state index in [0.29, 0.717) is 10.9 Å². The molecule has 194 valence electrons. The third-order valence-corrected chi connectivity index (χ3v) is 5.28. The van der Waals surface area contributed by atoms with Crippen molar-refractivity contribution in [3.8, 4) is 11.5 Å². The van der Waals surface area contributed by atoms with Crippen molar-refractivity contribution in [3.63, 3.8) is 0 Å². The Bertz CT molecular complexity index is 1430. The summed E-state index contributed by atoms with van der Waals surface area (Å²) in [7, 11) is 3.75. The molecule has 13 nitrogen and oxygen atoms in total. The molecule has 0 atom stereocenters. The fourth-order valence-corrected chi connectivity index (χ4v) is 3.44. The first-order chi connectivity index (χ1) is 17.7. The normalized spacial score (nSPS) is 10.5. The van der Waals surface area contributed by atoms with Crippen molar-refractivity contribution in [2.45, 2.75) is 6.54 Å². The lowest BCUT2D eigenvalue weighted by atomic mass is 10.1. The van der Waals surface area contributed by atoms with Gasteiger partial charge in [-0.25, -0.2) is 9.59 Å². The number of nitro benzene ring substituents is 1. The van der Waals surface area contributed by atoms with Crippen molar-refractivity contribution in [2.75, 3.05) is 34.5 Å². The van der Waals surface area contributed by atoms with Gasteiger partial charge in [-0.3, -0.25) is 19.7 Å². The number of nitrogens with zero attached hydrogens (tertiary/aromatic N) is 2. The molecule has 2 aromatic carbocycles. The number of ether oxygens (including phenoxy) is 4. The van der Waals surface area contributed by atoms with Gasteiger partial charge in [0.25, 0.3) is 17.2 Å². The Morgan fingerprint density at radius 1 is 0.973 bits per heavy atom. The van der Waals surface area contributed by atoms with Crippen molar-refractivity contribution >= 4 is 34.4 Å². The van der Waals surface area contributed by atoms with Gasteiger partial charge in [0, 0.05) is 24.6 Å². The van der Waals surface area contributed by atoms with E-state index in [0.717, 1.165) is 7.11 Å². The van der Waals surface area contributed by atoms with Crippen LogP contribution in [0.1, 0.15) is 20.7 Å². The highest BCUT2D eigenvalue weighted by Crippen LogP contribution is 2.24. The molecule has 0 aliphatic carbocycles. The minimum Gasteiger partial charge on any atom is -0.492 e. The van der Waals surface area contributed by atoms with Gasteiger partial charge < -0.3 is 28.8 Å². The van der Waals surface area contributed by atoms with Gasteiger partial charge in [-0.05, 0) is 30.3 Å². The number of esters is 2. The van der Waals surface area contributed by atoms with E-state index in [1.165, 1.54) is 61.2 Å². The first-order valence-electron chi connectivity index (χ1n) is 10.8. The number of aromatic nitrogens is 1. The maximum atomic E-state index is 13.1. The number of hydrogen-bond donors (Lipinski definition) is 1. The highest BCUT2D eigenvalue weighted by Gasteiger charge is 2.20. The summed E-state index contributed by atoms with van der Waals surface area (Å²) in [5.41, 5.74) is -0.460. The number of non-ortho nitro benzene ring substituents is 1. The standard InChI is InChI=1S/C24H23N3O10/c1-25-21(28)13-37-20-11-14-10-15(27(32)33)4-7-19(14)26(22(20)29)8-9-36-16-5-6-17(23(30)34-2)18(12-16)24(31)35-3/h4-7,10-12H,8-9,13H2,1-3H3,(H,25,28). The van der Waals surface area contributed by atoms with Gasteiger partial charge in [-0.15, -0.1) is 0 Å². The Morgan fingerprint density at radius 3 is 2.32 bits per heavy atom. The van der Waals surface area contributed by atoms with E-state index in [1.54, 1.807) is 0 Å². The molecule has 0 radical (unpaired) electrons. The van der Waals surface area contributed by atoms with E-state index in [4.69, 9.17) is 14.2 Å². The first-order valence-corrected chi connectivity index (χ1v) is 10.8. The summed E-state index contributed by atoms with van der Waals surface area (Å²) in [6.45, 7) is -0.509. The second-order valence-corrected chi connectivity index (χ2v) is 7.47. The third kappa shape index (κ3) is 6.01. The lowest BCUT2D eigenvalue weighted by molar-refractivity contribution is -0.384. The molecule has 0 saturated heterocycles. The van der Waals surface area contributed by atoms with Crippen LogP contribution in [-0.2, 0) is 20.8 Å². The van der Waals surface area contributed by atoms with Crippen LogP contribution in [0.4, 0.5) is 5.69 Å². The summed E-state index contributed by atoms with van der Waals surface area (Å²) in [4.78, 5) is 59.4. The molecule has 0 aliphatic heterocycles. The Labute approximate surface area is 209 Å². The SMILES string of the molecule is CNC(=O)COc1cc2cc([N+](=O)[O-])ccc2n(CCOc2ccc(C(=O)OC)c(C(=O)OC)c2)c1=O. The number of nitro groups is 1. The van der Waals surface area contributed by atoms with Gasteiger partial charge in [0.15, 0.2) is 12.4 Å². The summed E-state index contributed by atoms with van der Waals surface area (Å²) in [5.74, 6) is -1.92. The zero-order chi connectivity index (χ0) is 27.1. The van der Waals surface area contributed by atoms with Crippen molar-refractivity contribution in [1.29, 1.82) is 0 Å². The molecule has 13 heteroatoms. The number of fused-ring (bicyclic) bond motifs is 1. The van der Waals surface area contributed by atoms with Crippen molar-refractivity contribution in [2.24, 2.45) is 0 Å². The summed E-state index contributed by atoms with van der Waals surface area (Å²) >= 11 is 0. The highest BCUT2D eigenvalue weighted by atomic mass is 16.6. The van der Waals surface area contributed by atoms with E-state index in [1.807, 2.05) is 0 Å². The summed E-state index contributed by atoms with van der Waals surface area (Å²) in [6, 6.07) is 9.42. The maximum absolute atomic E-state index is 13.1. The van der Waals surface area contributed by atoms with Gasteiger partial charge in [-0.2, -0.15) is 0 Å². The number of hydrogen-bond acceptors (Lipinski definition) is 10. The molecule has 3 rings (SSSR count). The molecular weight excluding hydrogens is 490 g/mol. The molecule has 0 unspecified atom stereocenters. The van der Waals surface area contributed by atoms with Crippen LogP contribution >= 0.6 is 0 Å². The maximum Gasteiger partial charge on any atom is 0.338 e. The number of likely N-dealkylation sites (N-methyl/N-ethyl adjacent to an activating group) is 1. The lowest BCUT2D eigenvalue weighted by Crippen LogP contribution is -2.29. The predicted octanol–water partition coefficient (Wildman–Crippen LogP) is 1.69. The van der Waals surface area contributed by atoms with Crippen LogP contribution in [0.3, 0.4) is 0 Å². The smallest absolute Gasteiger partial charge is 0.338 e. The van der Waals surface area contributed by atoms with Gasteiger partial charge in [-0.1, -0.05) is 0 Å². The van der Waals surface area contributed by atoms with Crippen LogP contribution in [0, 0.1) is 10.1 Å². The Morgan fingerprint density at radius 2 is 1.68 bits per heavy atom. The molecule has 0 bridgehead atoms. The second kappa shape index (κ2) is 11.7. The van der Waals surface area contributed by atoms with Crippen LogP contribution in [0.2, 0.25) is 0 Å². The van der Waals surface area contributed by atoms with Gasteiger partial charge in [0.05, 0.1) is 42.3 Å². The van der Waals surface area contributed by atoms with Crippen LogP contribution < -0.4 is 20.3 Å². The van der Waals surface area contributed by atoms with E-state index in [2.05, 4.69) is 10.1 Å². The predicted molar refractivity (Wildman–Crippen MR) is 129 cm³/mol. The molecule has 1 N–H and O–H groups in total. The number of nitrogens with one attached hydrogen (secondary N) is 1. The van der Waals surface area contributed by atoms with Crippen LogP contribution in [0.25, 0.3) is 10.9 Å². The average molecular weight is 513 g/mol. The monoisotopic (exact) mass is 513 g/mol. The fraction of sp³-hybridized carbons (Fsp3) is 0.250.